The van der Waals surface area contributed by atoms with Crippen LogP contribution in [0, 0.1) is 0 Å². The molecular weight excluding hydrogens is 410 g/mol. The van der Waals surface area contributed by atoms with E-state index in [1.54, 1.807) is 18.4 Å². The van der Waals surface area contributed by atoms with Crippen molar-refractivity contribution in [2.45, 2.75) is 0 Å². The van der Waals surface area contributed by atoms with Crippen molar-refractivity contribution in [3.05, 3.63) is 65.5 Å². The molecule has 2 aliphatic rings. The molecule has 7 heteroatoms. The zero-order valence-electron chi connectivity index (χ0n) is 17.5. The fourth-order valence-corrected chi connectivity index (χ4v) is 5.12. The van der Waals surface area contributed by atoms with Gasteiger partial charge < -0.3 is 24.2 Å². The minimum absolute atomic E-state index is 0.118. The Morgan fingerprint density at radius 3 is 2.48 bits per heavy atom. The molecular formula is C24H25N3O3S. The molecule has 0 radical (unpaired) electrons. The number of hydrogen-bond acceptors (Lipinski definition) is 6. The Hall–Kier alpha value is -3.19. The second-order valence-electron chi connectivity index (χ2n) is 7.58. The van der Waals surface area contributed by atoms with Gasteiger partial charge in [-0.3, -0.25) is 4.79 Å². The van der Waals surface area contributed by atoms with Crippen LogP contribution in [-0.2, 0) is 0 Å². The van der Waals surface area contributed by atoms with E-state index in [-0.39, 0.29) is 5.91 Å². The third kappa shape index (κ3) is 3.93. The molecule has 0 spiro atoms. The fraction of sp³-hybridized carbons (Fsp3) is 0.292. The Morgan fingerprint density at radius 2 is 1.71 bits per heavy atom. The van der Waals surface area contributed by atoms with Crippen LogP contribution in [0.2, 0.25) is 0 Å². The Kier molecular flexibility index (Phi) is 5.42. The molecule has 3 heterocycles. The van der Waals surface area contributed by atoms with Gasteiger partial charge in [0.25, 0.3) is 5.91 Å². The van der Waals surface area contributed by atoms with E-state index in [1.165, 1.54) is 0 Å². The molecule has 0 aliphatic carbocycles. The number of ether oxygens (including phenoxy) is 2. The van der Waals surface area contributed by atoms with Gasteiger partial charge in [0.05, 0.1) is 29.2 Å². The molecule has 0 unspecified atom stereocenters. The number of amides is 1. The van der Waals surface area contributed by atoms with Gasteiger partial charge in [-0.05, 0) is 48.5 Å². The van der Waals surface area contributed by atoms with E-state index in [1.807, 2.05) is 47.4 Å². The number of methoxy groups -OCH3 is 1. The summed E-state index contributed by atoms with van der Waals surface area (Å²) in [6, 6.07) is 20.2. The van der Waals surface area contributed by atoms with E-state index in [4.69, 9.17) is 9.47 Å². The highest BCUT2D eigenvalue weighted by molar-refractivity contribution is 7.18. The van der Waals surface area contributed by atoms with Crippen molar-refractivity contribution >= 4 is 33.6 Å². The zero-order chi connectivity index (χ0) is 21.2. The molecule has 1 saturated heterocycles. The van der Waals surface area contributed by atoms with Crippen molar-refractivity contribution in [2.75, 3.05) is 56.2 Å². The summed E-state index contributed by atoms with van der Waals surface area (Å²) in [5.41, 5.74) is 2.22. The molecule has 0 bridgehead atoms. The van der Waals surface area contributed by atoms with Crippen LogP contribution in [0.4, 0.5) is 16.4 Å². The van der Waals surface area contributed by atoms with Crippen LogP contribution in [0.25, 0.3) is 0 Å². The van der Waals surface area contributed by atoms with Crippen molar-refractivity contribution in [1.29, 1.82) is 0 Å². The summed E-state index contributed by atoms with van der Waals surface area (Å²) in [6.45, 7) is 4.52. The molecule has 1 fully saturated rings. The molecule has 1 amide bonds. The molecule has 0 atom stereocenters. The minimum Gasteiger partial charge on any atom is -0.497 e. The van der Waals surface area contributed by atoms with Crippen LogP contribution < -0.4 is 19.3 Å². The predicted octanol–water partition coefficient (Wildman–Crippen LogP) is 4.25. The van der Waals surface area contributed by atoms with Crippen molar-refractivity contribution in [1.82, 2.24) is 4.90 Å². The maximum atomic E-state index is 13.1. The summed E-state index contributed by atoms with van der Waals surface area (Å²) in [6.07, 6.45) is 0. The molecule has 5 rings (SSSR count). The highest BCUT2D eigenvalue weighted by atomic mass is 32.1. The van der Waals surface area contributed by atoms with Crippen LogP contribution in [-0.4, -0.2) is 57.2 Å². The fourth-order valence-electron chi connectivity index (χ4n) is 4.10. The molecule has 6 nitrogen and oxygen atoms in total. The standard InChI is InChI=1S/C24H25N3O3S/c1-29-19-8-6-18(7-9-19)25-12-14-26(15-13-25)24(28)22-10-11-23(31-22)27-16-17-30-21-5-3-2-4-20(21)27/h2-11H,12-17H2,1H3. The number of nitrogens with zero attached hydrogens (tertiary/aromatic N) is 3. The second-order valence-corrected chi connectivity index (χ2v) is 8.65. The first-order valence-corrected chi connectivity index (χ1v) is 11.3. The number of carbonyl (C=O) groups excluding carboxylic acids is 1. The molecule has 0 saturated carbocycles. The van der Waals surface area contributed by atoms with Gasteiger partial charge in [0, 0.05) is 31.9 Å². The van der Waals surface area contributed by atoms with Gasteiger partial charge in [-0.2, -0.15) is 0 Å². The third-order valence-electron chi connectivity index (χ3n) is 5.80. The maximum Gasteiger partial charge on any atom is 0.264 e. The Labute approximate surface area is 186 Å². The average molecular weight is 436 g/mol. The molecule has 31 heavy (non-hydrogen) atoms. The molecule has 2 aliphatic heterocycles. The first-order valence-electron chi connectivity index (χ1n) is 10.5. The normalized spacial score (nSPS) is 16.0. The molecule has 1 aromatic heterocycles. The highest BCUT2D eigenvalue weighted by Gasteiger charge is 2.25. The van der Waals surface area contributed by atoms with Gasteiger partial charge in [0.2, 0.25) is 0 Å². The monoisotopic (exact) mass is 435 g/mol. The van der Waals surface area contributed by atoms with E-state index >= 15 is 0 Å². The lowest BCUT2D eigenvalue weighted by Crippen LogP contribution is -2.48. The number of anilines is 3. The van der Waals surface area contributed by atoms with Gasteiger partial charge in [-0.25, -0.2) is 0 Å². The number of rotatable bonds is 4. The van der Waals surface area contributed by atoms with E-state index < -0.39 is 0 Å². The predicted molar refractivity (Wildman–Crippen MR) is 124 cm³/mol. The maximum absolute atomic E-state index is 13.1. The quantitative estimate of drug-likeness (QED) is 0.613. The van der Waals surface area contributed by atoms with Crippen LogP contribution in [0.3, 0.4) is 0 Å². The first-order chi connectivity index (χ1) is 15.2. The molecule has 3 aromatic rings. The zero-order valence-corrected chi connectivity index (χ0v) is 18.3. The molecule has 2 aromatic carbocycles. The number of benzene rings is 2. The summed E-state index contributed by atoms with van der Waals surface area (Å²) in [5.74, 6) is 1.87. The van der Waals surface area contributed by atoms with Gasteiger partial charge in [0.15, 0.2) is 0 Å². The van der Waals surface area contributed by atoms with E-state index in [9.17, 15) is 4.79 Å². The minimum atomic E-state index is 0.118. The number of piperazine rings is 1. The lowest BCUT2D eigenvalue weighted by molar-refractivity contribution is 0.0751. The smallest absolute Gasteiger partial charge is 0.264 e. The summed E-state index contributed by atoms with van der Waals surface area (Å²) >= 11 is 1.56. The molecule has 160 valence electrons. The van der Waals surface area contributed by atoms with Crippen LogP contribution in [0.5, 0.6) is 11.5 Å². The van der Waals surface area contributed by atoms with E-state index in [0.717, 1.165) is 65.5 Å². The van der Waals surface area contributed by atoms with Gasteiger partial charge in [-0.1, -0.05) is 12.1 Å². The van der Waals surface area contributed by atoms with E-state index in [0.29, 0.717) is 6.61 Å². The van der Waals surface area contributed by atoms with Gasteiger partial charge in [0.1, 0.15) is 18.1 Å². The Bertz CT molecular complexity index is 1060. The summed E-state index contributed by atoms with van der Waals surface area (Å²) in [4.78, 5) is 20.4. The van der Waals surface area contributed by atoms with Crippen LogP contribution >= 0.6 is 11.3 Å². The lowest BCUT2D eigenvalue weighted by atomic mass is 10.2. The van der Waals surface area contributed by atoms with E-state index in [2.05, 4.69) is 28.0 Å². The number of para-hydroxylation sites is 2. The van der Waals surface area contributed by atoms with Gasteiger partial charge in [-0.15, -0.1) is 11.3 Å². The van der Waals surface area contributed by atoms with Crippen molar-refractivity contribution < 1.29 is 14.3 Å². The number of fused-ring (bicyclic) bond motifs is 1. The largest absolute Gasteiger partial charge is 0.497 e. The Morgan fingerprint density at radius 1 is 0.935 bits per heavy atom. The molecule has 0 N–H and O–H groups in total. The van der Waals surface area contributed by atoms with Crippen molar-refractivity contribution in [2.24, 2.45) is 0 Å². The summed E-state index contributed by atoms with van der Waals surface area (Å²) < 4.78 is 11.0. The third-order valence-corrected chi connectivity index (χ3v) is 6.90. The number of thiophene rings is 1. The first kappa shape index (κ1) is 19.8. The van der Waals surface area contributed by atoms with Gasteiger partial charge >= 0.3 is 0 Å². The summed E-state index contributed by atoms with van der Waals surface area (Å²) in [7, 11) is 1.67. The average Bonchev–Trinajstić information content (AvgIpc) is 3.33. The Balaban J connectivity index is 1.24. The SMILES string of the molecule is COc1ccc(N2CCN(C(=O)c3ccc(N4CCOc5ccccc54)s3)CC2)cc1. The highest BCUT2D eigenvalue weighted by Crippen LogP contribution is 2.39. The number of hydrogen-bond donors (Lipinski definition) is 0. The van der Waals surface area contributed by atoms with Crippen molar-refractivity contribution in [3.8, 4) is 11.5 Å². The summed E-state index contributed by atoms with van der Waals surface area (Å²) in [5, 5.41) is 1.08. The second kappa shape index (κ2) is 8.51. The topological polar surface area (TPSA) is 45.2 Å². The van der Waals surface area contributed by atoms with Crippen LogP contribution in [0.15, 0.2) is 60.7 Å². The number of carbonyl (C=O) groups is 1. The lowest BCUT2D eigenvalue weighted by Gasteiger charge is -2.36. The van der Waals surface area contributed by atoms with Crippen molar-refractivity contribution in [3.63, 3.8) is 0 Å². The van der Waals surface area contributed by atoms with Crippen LogP contribution in [0.1, 0.15) is 9.67 Å².